The second-order valence-corrected chi connectivity index (χ2v) is 3.71. The van der Waals surface area contributed by atoms with Crippen LogP contribution in [0.1, 0.15) is 11.9 Å². The molecule has 1 amide bonds. The van der Waals surface area contributed by atoms with Crippen molar-refractivity contribution in [3.8, 4) is 11.4 Å². The molecule has 0 spiro atoms. The Labute approximate surface area is 96.2 Å². The molecule has 2 aromatic rings. The molecule has 7 nitrogen and oxygen atoms in total. The van der Waals surface area contributed by atoms with Gasteiger partial charge < -0.3 is 14.3 Å². The molecule has 7 heteroatoms. The molecular formula is C10H10N4O3. The maximum atomic E-state index is 11.0. The Morgan fingerprint density at radius 2 is 2.41 bits per heavy atom. The fraction of sp³-hybridized carbons (Fsp3) is 0.300. The number of rotatable bonds is 2. The van der Waals surface area contributed by atoms with Crippen molar-refractivity contribution in [1.29, 1.82) is 0 Å². The maximum absolute atomic E-state index is 11.0. The summed E-state index contributed by atoms with van der Waals surface area (Å²) in [4.78, 5) is 15.2. The van der Waals surface area contributed by atoms with Crippen LogP contribution in [0.4, 0.5) is 0 Å². The van der Waals surface area contributed by atoms with Gasteiger partial charge in [0.25, 0.3) is 0 Å². The van der Waals surface area contributed by atoms with E-state index >= 15 is 0 Å². The molecule has 1 aliphatic rings. The zero-order valence-electron chi connectivity index (χ0n) is 8.84. The van der Waals surface area contributed by atoms with Gasteiger partial charge >= 0.3 is 0 Å². The van der Waals surface area contributed by atoms with Crippen LogP contribution in [-0.4, -0.2) is 29.1 Å². The quantitative estimate of drug-likeness (QED) is 0.765. The van der Waals surface area contributed by atoms with Crippen molar-refractivity contribution in [3.05, 3.63) is 24.5 Å². The summed E-state index contributed by atoms with van der Waals surface area (Å²) in [5, 5.41) is 9.59. The molecule has 0 saturated carbocycles. The summed E-state index contributed by atoms with van der Waals surface area (Å²) in [5.41, 5.74) is 0.764. The molecule has 2 N–H and O–H groups in total. The summed E-state index contributed by atoms with van der Waals surface area (Å²) < 4.78 is 10.1. The topological polar surface area (TPSA) is 93.2 Å². The van der Waals surface area contributed by atoms with Gasteiger partial charge in [-0.3, -0.25) is 10.1 Å². The van der Waals surface area contributed by atoms with Gasteiger partial charge in [-0.1, -0.05) is 5.16 Å². The SMILES string of the molecule is O=C1CNC(c2nc(-c3ccoc3)no2)CN1. The Bertz CT molecular complexity index is 509. The van der Waals surface area contributed by atoms with E-state index in [0.29, 0.717) is 18.3 Å². The molecular weight excluding hydrogens is 224 g/mol. The van der Waals surface area contributed by atoms with Crippen LogP contribution in [0.2, 0.25) is 0 Å². The van der Waals surface area contributed by atoms with Crippen LogP contribution >= 0.6 is 0 Å². The standard InChI is InChI=1S/C10H10N4O3/c15-8-4-11-7(3-12-8)10-13-9(14-17-10)6-1-2-16-5-6/h1-2,5,7,11H,3-4H2,(H,12,15). The Morgan fingerprint density at radius 1 is 1.47 bits per heavy atom. The molecule has 1 saturated heterocycles. The van der Waals surface area contributed by atoms with Gasteiger partial charge in [-0.15, -0.1) is 0 Å². The fourth-order valence-electron chi connectivity index (χ4n) is 1.63. The normalized spacial score (nSPS) is 20.2. The summed E-state index contributed by atoms with van der Waals surface area (Å²) >= 11 is 0. The van der Waals surface area contributed by atoms with E-state index in [1.807, 2.05) is 0 Å². The Morgan fingerprint density at radius 3 is 3.12 bits per heavy atom. The van der Waals surface area contributed by atoms with Crippen molar-refractivity contribution in [2.24, 2.45) is 0 Å². The molecule has 1 fully saturated rings. The van der Waals surface area contributed by atoms with Crippen molar-refractivity contribution in [3.63, 3.8) is 0 Å². The van der Waals surface area contributed by atoms with Crippen LogP contribution in [0.3, 0.4) is 0 Å². The highest BCUT2D eigenvalue weighted by molar-refractivity contribution is 5.78. The Balaban J connectivity index is 1.79. The summed E-state index contributed by atoms with van der Waals surface area (Å²) in [6.07, 6.45) is 3.09. The highest BCUT2D eigenvalue weighted by Crippen LogP contribution is 2.19. The molecule has 1 aliphatic heterocycles. The lowest BCUT2D eigenvalue weighted by molar-refractivity contribution is -0.121. The van der Waals surface area contributed by atoms with Gasteiger partial charge in [-0.25, -0.2) is 0 Å². The number of hydrogen-bond donors (Lipinski definition) is 2. The van der Waals surface area contributed by atoms with Crippen molar-refractivity contribution < 1.29 is 13.7 Å². The minimum atomic E-state index is -0.138. The van der Waals surface area contributed by atoms with E-state index in [4.69, 9.17) is 8.94 Å². The Kier molecular flexibility index (Phi) is 2.37. The number of carbonyl (C=O) groups is 1. The lowest BCUT2D eigenvalue weighted by Crippen LogP contribution is -2.47. The van der Waals surface area contributed by atoms with E-state index in [2.05, 4.69) is 20.8 Å². The van der Waals surface area contributed by atoms with Gasteiger partial charge in [-0.05, 0) is 6.07 Å². The van der Waals surface area contributed by atoms with Crippen molar-refractivity contribution >= 4 is 5.91 Å². The third-order valence-electron chi connectivity index (χ3n) is 2.53. The van der Waals surface area contributed by atoms with Crippen molar-refractivity contribution in [1.82, 2.24) is 20.8 Å². The summed E-state index contributed by atoms with van der Waals surface area (Å²) in [6, 6.07) is 1.62. The fourth-order valence-corrected chi connectivity index (χ4v) is 1.63. The molecule has 3 rings (SSSR count). The van der Waals surface area contributed by atoms with Crippen LogP contribution in [-0.2, 0) is 4.79 Å². The van der Waals surface area contributed by atoms with Crippen LogP contribution < -0.4 is 10.6 Å². The van der Waals surface area contributed by atoms with Gasteiger partial charge in [0.2, 0.25) is 17.6 Å². The highest BCUT2D eigenvalue weighted by atomic mass is 16.5. The van der Waals surface area contributed by atoms with Crippen molar-refractivity contribution in [2.75, 3.05) is 13.1 Å². The van der Waals surface area contributed by atoms with E-state index < -0.39 is 0 Å². The number of carbonyl (C=O) groups excluding carboxylic acids is 1. The monoisotopic (exact) mass is 234 g/mol. The largest absolute Gasteiger partial charge is 0.472 e. The average Bonchev–Trinajstić information content (AvgIpc) is 3.00. The Hall–Kier alpha value is -2.15. The highest BCUT2D eigenvalue weighted by Gasteiger charge is 2.24. The van der Waals surface area contributed by atoms with Gasteiger partial charge in [0.1, 0.15) is 12.3 Å². The van der Waals surface area contributed by atoms with Crippen LogP contribution in [0.25, 0.3) is 11.4 Å². The van der Waals surface area contributed by atoms with Crippen LogP contribution in [0.5, 0.6) is 0 Å². The van der Waals surface area contributed by atoms with Crippen molar-refractivity contribution in [2.45, 2.75) is 6.04 Å². The predicted molar refractivity (Wildman–Crippen MR) is 55.8 cm³/mol. The van der Waals surface area contributed by atoms with Crippen LogP contribution in [0.15, 0.2) is 27.5 Å². The number of furan rings is 1. The number of nitrogens with zero attached hydrogens (tertiary/aromatic N) is 2. The first-order chi connectivity index (χ1) is 8.33. The summed E-state index contributed by atoms with van der Waals surface area (Å²) in [7, 11) is 0. The maximum Gasteiger partial charge on any atom is 0.245 e. The molecule has 0 bridgehead atoms. The number of amides is 1. The molecule has 88 valence electrons. The first kappa shape index (κ1) is 10.0. The molecule has 17 heavy (non-hydrogen) atoms. The molecule has 3 heterocycles. The van der Waals surface area contributed by atoms with E-state index in [9.17, 15) is 4.79 Å². The minimum absolute atomic E-state index is 0.0316. The first-order valence-corrected chi connectivity index (χ1v) is 5.19. The van der Waals surface area contributed by atoms with E-state index in [1.54, 1.807) is 18.6 Å². The summed E-state index contributed by atoms with van der Waals surface area (Å²) in [5.74, 6) is 0.907. The van der Waals surface area contributed by atoms with E-state index in [-0.39, 0.29) is 18.5 Å². The number of hydrogen-bond acceptors (Lipinski definition) is 6. The van der Waals surface area contributed by atoms with Gasteiger partial charge in [0.05, 0.1) is 18.4 Å². The lowest BCUT2D eigenvalue weighted by atomic mass is 10.2. The third-order valence-corrected chi connectivity index (χ3v) is 2.53. The van der Waals surface area contributed by atoms with E-state index in [1.165, 1.54) is 0 Å². The number of piperazine rings is 1. The minimum Gasteiger partial charge on any atom is -0.472 e. The summed E-state index contributed by atoms with van der Waals surface area (Å²) in [6.45, 7) is 0.708. The molecule has 1 atom stereocenters. The van der Waals surface area contributed by atoms with Gasteiger partial charge in [0, 0.05) is 6.54 Å². The van der Waals surface area contributed by atoms with Gasteiger partial charge in [-0.2, -0.15) is 4.98 Å². The lowest BCUT2D eigenvalue weighted by Gasteiger charge is -2.20. The average molecular weight is 234 g/mol. The second kappa shape index (κ2) is 4.02. The molecule has 0 aliphatic carbocycles. The zero-order chi connectivity index (χ0) is 11.7. The molecule has 0 radical (unpaired) electrons. The van der Waals surface area contributed by atoms with Gasteiger partial charge in [0.15, 0.2) is 0 Å². The zero-order valence-corrected chi connectivity index (χ0v) is 8.84. The molecule has 2 aromatic heterocycles. The van der Waals surface area contributed by atoms with E-state index in [0.717, 1.165) is 5.56 Å². The molecule has 1 unspecified atom stereocenters. The van der Waals surface area contributed by atoms with Crippen LogP contribution in [0, 0.1) is 0 Å². The third kappa shape index (κ3) is 1.92. The smallest absolute Gasteiger partial charge is 0.245 e. The second-order valence-electron chi connectivity index (χ2n) is 3.71. The molecule has 0 aromatic carbocycles. The first-order valence-electron chi connectivity index (χ1n) is 5.19. The number of nitrogens with one attached hydrogen (secondary N) is 2. The predicted octanol–water partition coefficient (Wildman–Crippen LogP) is 0.0901. The number of aromatic nitrogens is 2.